The molecule has 0 saturated carbocycles. The van der Waals surface area contributed by atoms with Gasteiger partial charge in [-0.25, -0.2) is 0 Å². The van der Waals surface area contributed by atoms with Gasteiger partial charge in [0.25, 0.3) is 5.69 Å². The number of hydrogen-bond donors (Lipinski definition) is 4. The molecule has 27 heavy (non-hydrogen) atoms. The monoisotopic (exact) mass is 379 g/mol. The van der Waals surface area contributed by atoms with Crippen molar-refractivity contribution in [1.82, 2.24) is 16.0 Å². The number of nitro benzene ring substituents is 1. The molecule has 0 aliphatic heterocycles. The van der Waals surface area contributed by atoms with E-state index in [1.807, 2.05) is 0 Å². The van der Waals surface area contributed by atoms with Crippen LogP contribution in [-0.4, -0.2) is 47.2 Å². The van der Waals surface area contributed by atoms with Gasteiger partial charge in [-0.1, -0.05) is 12.1 Å². The van der Waals surface area contributed by atoms with Gasteiger partial charge in [-0.2, -0.15) is 0 Å². The van der Waals surface area contributed by atoms with Crippen molar-refractivity contribution in [1.29, 1.82) is 0 Å². The molecular weight excluding hydrogens is 358 g/mol. The number of hydrogen-bond acceptors (Lipinski definition) is 6. The normalized spacial score (nSPS) is 13.6. The Balaban J connectivity index is 2.74. The molecule has 3 atom stereocenters. The van der Waals surface area contributed by atoms with Crippen LogP contribution < -0.4 is 21.7 Å². The van der Waals surface area contributed by atoms with E-state index in [0.29, 0.717) is 12.0 Å². The minimum Gasteiger partial charge on any atom is -0.368 e. The molecule has 0 heterocycles. The molecule has 0 radical (unpaired) electrons. The summed E-state index contributed by atoms with van der Waals surface area (Å²) < 4.78 is 0. The molecule has 1 rings (SSSR count). The van der Waals surface area contributed by atoms with E-state index in [4.69, 9.17) is 5.73 Å². The number of carbonyl (C=O) groups is 4. The van der Waals surface area contributed by atoms with E-state index in [1.54, 1.807) is 0 Å². The molecule has 0 saturated heterocycles. The third kappa shape index (κ3) is 6.72. The van der Waals surface area contributed by atoms with Crippen LogP contribution in [0.1, 0.15) is 19.4 Å². The lowest BCUT2D eigenvalue weighted by atomic mass is 10.0. The summed E-state index contributed by atoms with van der Waals surface area (Å²) >= 11 is 0. The molecule has 0 aliphatic rings. The molecule has 0 fully saturated rings. The van der Waals surface area contributed by atoms with E-state index in [1.165, 1.54) is 38.1 Å². The van der Waals surface area contributed by atoms with Gasteiger partial charge in [-0.05, 0) is 19.4 Å². The number of primary amides is 1. The largest absolute Gasteiger partial charge is 0.368 e. The van der Waals surface area contributed by atoms with Crippen LogP contribution in [0.15, 0.2) is 24.3 Å². The smallest absolute Gasteiger partial charge is 0.269 e. The Morgan fingerprint density at radius 3 is 2.15 bits per heavy atom. The SMILES string of the molecule is CC(NC(=O)C(C)NC(=O)C(Cc1ccc([N+](=O)[O-])cc1)NC=O)C(N)=O. The van der Waals surface area contributed by atoms with E-state index in [2.05, 4.69) is 16.0 Å². The van der Waals surface area contributed by atoms with Crippen LogP contribution in [0.3, 0.4) is 0 Å². The van der Waals surface area contributed by atoms with Crippen LogP contribution in [0.5, 0.6) is 0 Å². The van der Waals surface area contributed by atoms with Crippen molar-refractivity contribution in [3.05, 3.63) is 39.9 Å². The highest BCUT2D eigenvalue weighted by atomic mass is 16.6. The van der Waals surface area contributed by atoms with Gasteiger partial charge < -0.3 is 21.7 Å². The quantitative estimate of drug-likeness (QED) is 0.224. The maximum absolute atomic E-state index is 12.3. The average Bonchev–Trinajstić information content (AvgIpc) is 2.61. The van der Waals surface area contributed by atoms with E-state index < -0.39 is 40.8 Å². The van der Waals surface area contributed by atoms with Crippen LogP contribution in [-0.2, 0) is 25.6 Å². The Bertz CT molecular complexity index is 721. The van der Waals surface area contributed by atoms with Crippen molar-refractivity contribution in [2.45, 2.75) is 38.4 Å². The highest BCUT2D eigenvalue weighted by Crippen LogP contribution is 2.13. The van der Waals surface area contributed by atoms with Crippen molar-refractivity contribution in [3.63, 3.8) is 0 Å². The predicted molar refractivity (Wildman–Crippen MR) is 94.2 cm³/mol. The fraction of sp³-hybridized carbons (Fsp3) is 0.375. The minimum absolute atomic E-state index is 0.0641. The molecule has 1 aromatic rings. The maximum Gasteiger partial charge on any atom is 0.269 e. The lowest BCUT2D eigenvalue weighted by molar-refractivity contribution is -0.384. The first-order valence-corrected chi connectivity index (χ1v) is 7.98. The first-order chi connectivity index (χ1) is 12.6. The van der Waals surface area contributed by atoms with E-state index in [9.17, 15) is 29.3 Å². The average molecular weight is 379 g/mol. The van der Waals surface area contributed by atoms with Gasteiger partial charge in [-0.15, -0.1) is 0 Å². The van der Waals surface area contributed by atoms with Gasteiger partial charge in [-0.3, -0.25) is 29.3 Å². The van der Waals surface area contributed by atoms with Crippen molar-refractivity contribution in [2.75, 3.05) is 0 Å². The van der Waals surface area contributed by atoms with E-state index >= 15 is 0 Å². The number of nitrogens with two attached hydrogens (primary N) is 1. The predicted octanol–water partition coefficient (Wildman–Crippen LogP) is -1.25. The molecule has 5 N–H and O–H groups in total. The standard InChI is InChI=1S/C16H21N5O6/c1-9(14(17)23)19-15(24)10(2)20-16(25)13(18-8-22)7-11-3-5-12(6-4-11)21(26)27/h3-6,8-10,13H,7H2,1-2H3,(H2,17,23)(H,18,22)(H,19,24)(H,20,25). The number of amides is 4. The second-order valence-electron chi connectivity index (χ2n) is 5.83. The van der Waals surface area contributed by atoms with Crippen molar-refractivity contribution < 1.29 is 24.1 Å². The van der Waals surface area contributed by atoms with Gasteiger partial charge in [0.15, 0.2) is 0 Å². The summed E-state index contributed by atoms with van der Waals surface area (Å²) in [5, 5.41) is 17.8. The first kappa shape index (κ1) is 21.5. The fourth-order valence-electron chi connectivity index (χ4n) is 2.09. The maximum atomic E-state index is 12.3. The summed E-state index contributed by atoms with van der Waals surface area (Å²) in [6.07, 6.45) is 0.407. The van der Waals surface area contributed by atoms with Gasteiger partial charge in [0, 0.05) is 18.6 Å². The molecule has 0 aromatic heterocycles. The lowest BCUT2D eigenvalue weighted by Crippen LogP contribution is -2.54. The number of benzene rings is 1. The topological polar surface area (TPSA) is 174 Å². The van der Waals surface area contributed by atoms with Crippen LogP contribution in [0, 0.1) is 10.1 Å². The third-order valence-electron chi connectivity index (χ3n) is 3.71. The highest BCUT2D eigenvalue weighted by molar-refractivity contribution is 5.92. The highest BCUT2D eigenvalue weighted by Gasteiger charge is 2.24. The zero-order valence-corrected chi connectivity index (χ0v) is 14.8. The molecule has 0 aliphatic carbocycles. The Morgan fingerprint density at radius 1 is 1.11 bits per heavy atom. The van der Waals surface area contributed by atoms with Gasteiger partial charge in [0.2, 0.25) is 24.1 Å². The molecule has 11 heteroatoms. The van der Waals surface area contributed by atoms with Crippen molar-refractivity contribution >= 4 is 29.8 Å². The summed E-state index contributed by atoms with van der Waals surface area (Å²) in [5.74, 6) is -1.97. The Labute approximate surface area is 154 Å². The van der Waals surface area contributed by atoms with Gasteiger partial charge in [0.05, 0.1) is 4.92 Å². The molecule has 11 nitrogen and oxygen atoms in total. The summed E-state index contributed by atoms with van der Waals surface area (Å²) in [6.45, 7) is 2.81. The Morgan fingerprint density at radius 2 is 1.67 bits per heavy atom. The summed E-state index contributed by atoms with van der Waals surface area (Å²) in [6, 6.07) is 2.63. The molecule has 3 unspecified atom stereocenters. The third-order valence-corrected chi connectivity index (χ3v) is 3.71. The molecule has 0 spiro atoms. The minimum atomic E-state index is -0.993. The Kier molecular flexibility index (Phi) is 7.86. The molecule has 4 amide bonds. The second-order valence-corrected chi connectivity index (χ2v) is 5.83. The van der Waals surface area contributed by atoms with Gasteiger partial charge >= 0.3 is 0 Å². The van der Waals surface area contributed by atoms with Crippen LogP contribution in [0.2, 0.25) is 0 Å². The fourth-order valence-corrected chi connectivity index (χ4v) is 2.09. The van der Waals surface area contributed by atoms with Crippen LogP contribution in [0.4, 0.5) is 5.69 Å². The molecule has 146 valence electrons. The number of nitro groups is 1. The second kappa shape index (κ2) is 9.85. The van der Waals surface area contributed by atoms with Gasteiger partial charge in [0.1, 0.15) is 18.1 Å². The van der Waals surface area contributed by atoms with E-state index in [0.717, 1.165) is 0 Å². The van der Waals surface area contributed by atoms with Crippen molar-refractivity contribution in [3.8, 4) is 0 Å². The summed E-state index contributed by atoms with van der Waals surface area (Å²) in [7, 11) is 0. The summed E-state index contributed by atoms with van der Waals surface area (Å²) in [5.41, 5.74) is 5.53. The number of nitrogens with zero attached hydrogens (tertiary/aromatic N) is 1. The number of carbonyl (C=O) groups excluding carboxylic acids is 4. The number of non-ortho nitro benzene ring substituents is 1. The van der Waals surface area contributed by atoms with Crippen LogP contribution >= 0.6 is 0 Å². The van der Waals surface area contributed by atoms with E-state index in [-0.39, 0.29) is 12.1 Å². The lowest BCUT2D eigenvalue weighted by Gasteiger charge is -2.20. The zero-order chi connectivity index (χ0) is 20.6. The zero-order valence-electron chi connectivity index (χ0n) is 14.8. The number of rotatable bonds is 10. The first-order valence-electron chi connectivity index (χ1n) is 7.98. The van der Waals surface area contributed by atoms with Crippen molar-refractivity contribution in [2.24, 2.45) is 5.73 Å². The molecular formula is C16H21N5O6. The Hall–Kier alpha value is -3.50. The van der Waals surface area contributed by atoms with Crippen LogP contribution in [0.25, 0.3) is 0 Å². The number of nitrogens with one attached hydrogen (secondary N) is 3. The molecule has 0 bridgehead atoms. The molecule has 1 aromatic carbocycles. The summed E-state index contributed by atoms with van der Waals surface area (Å²) in [4.78, 5) is 56.1.